The van der Waals surface area contributed by atoms with Crippen LogP contribution in [-0.2, 0) is 9.53 Å². The topological polar surface area (TPSA) is 131 Å². The zero-order valence-corrected chi connectivity index (χ0v) is 28.1. The zero-order chi connectivity index (χ0) is 33.2. The van der Waals surface area contributed by atoms with Gasteiger partial charge >= 0.3 is 6.09 Å². The van der Waals surface area contributed by atoms with E-state index < -0.39 is 6.10 Å². The third-order valence-corrected chi connectivity index (χ3v) is 10.8. The van der Waals surface area contributed by atoms with E-state index in [0.29, 0.717) is 49.8 Å². The SMILES string of the molecule is COc1ccc(C2CCC(CN(C(=O)C3CCC(COC(=O)N4CC(O)C4)CC3)c3cc(-c4coc(C5CC5)n4)ccn3)CC2)nc1C. The Bertz CT molecular complexity index is 1580. The average molecular weight is 658 g/mol. The van der Waals surface area contributed by atoms with Gasteiger partial charge in [-0.25, -0.2) is 14.8 Å². The molecule has 48 heavy (non-hydrogen) atoms. The van der Waals surface area contributed by atoms with E-state index in [9.17, 15) is 14.7 Å². The van der Waals surface area contributed by atoms with Crippen molar-refractivity contribution in [2.75, 3.05) is 38.3 Å². The molecule has 1 saturated heterocycles. The monoisotopic (exact) mass is 657 g/mol. The van der Waals surface area contributed by atoms with Gasteiger partial charge in [0.2, 0.25) is 5.91 Å². The first kappa shape index (κ1) is 32.6. The molecule has 0 aromatic carbocycles. The van der Waals surface area contributed by atoms with Gasteiger partial charge in [0, 0.05) is 41.8 Å². The second-order valence-electron chi connectivity index (χ2n) is 14.3. The Balaban J connectivity index is 1.02. The maximum Gasteiger partial charge on any atom is 0.409 e. The minimum Gasteiger partial charge on any atom is -0.495 e. The Morgan fingerprint density at radius 2 is 1.69 bits per heavy atom. The third kappa shape index (κ3) is 7.36. The molecule has 0 spiro atoms. The summed E-state index contributed by atoms with van der Waals surface area (Å²) in [4.78, 5) is 44.4. The highest BCUT2D eigenvalue weighted by molar-refractivity contribution is 5.94. The van der Waals surface area contributed by atoms with E-state index in [1.165, 1.54) is 4.90 Å². The number of aromatic nitrogens is 3. The van der Waals surface area contributed by atoms with Crippen LogP contribution in [0.25, 0.3) is 11.3 Å². The van der Waals surface area contributed by atoms with Gasteiger partial charge in [0.05, 0.1) is 38.6 Å². The van der Waals surface area contributed by atoms with E-state index in [4.69, 9.17) is 28.8 Å². The number of aliphatic hydroxyl groups excluding tert-OH is 1. The zero-order valence-electron chi connectivity index (χ0n) is 28.1. The molecule has 4 heterocycles. The van der Waals surface area contributed by atoms with Gasteiger partial charge in [-0.2, -0.15) is 0 Å². The Morgan fingerprint density at radius 3 is 2.38 bits per heavy atom. The minimum absolute atomic E-state index is 0.107. The maximum absolute atomic E-state index is 14.4. The van der Waals surface area contributed by atoms with Crippen LogP contribution in [0, 0.1) is 24.7 Å². The number of anilines is 1. The van der Waals surface area contributed by atoms with Crippen LogP contribution in [0.4, 0.5) is 10.6 Å². The summed E-state index contributed by atoms with van der Waals surface area (Å²) in [5.74, 6) is 3.70. The van der Waals surface area contributed by atoms with Crippen LogP contribution >= 0.6 is 0 Å². The number of methoxy groups -OCH3 is 1. The molecule has 256 valence electrons. The molecule has 4 aliphatic rings. The summed E-state index contributed by atoms with van der Waals surface area (Å²) in [7, 11) is 1.68. The van der Waals surface area contributed by atoms with Gasteiger partial charge in [-0.05, 0) is 107 Å². The summed E-state index contributed by atoms with van der Waals surface area (Å²) in [6.45, 7) is 3.64. The second kappa shape index (κ2) is 14.2. The molecule has 1 N–H and O–H groups in total. The highest BCUT2D eigenvalue weighted by Gasteiger charge is 2.35. The number of nitrogens with zero attached hydrogens (tertiary/aromatic N) is 5. The fourth-order valence-electron chi connectivity index (χ4n) is 7.55. The summed E-state index contributed by atoms with van der Waals surface area (Å²) in [6, 6.07) is 8.03. The van der Waals surface area contributed by atoms with E-state index in [-0.39, 0.29) is 23.8 Å². The van der Waals surface area contributed by atoms with E-state index in [2.05, 4.69) is 6.07 Å². The number of aliphatic hydroxyl groups is 1. The summed E-state index contributed by atoms with van der Waals surface area (Å²) < 4.78 is 16.7. The van der Waals surface area contributed by atoms with Gasteiger partial charge in [0.1, 0.15) is 23.5 Å². The number of hydrogen-bond acceptors (Lipinski definition) is 9. The lowest BCUT2D eigenvalue weighted by atomic mass is 9.79. The van der Waals surface area contributed by atoms with E-state index in [1.807, 2.05) is 30.0 Å². The molecule has 1 aliphatic heterocycles. The normalized spacial score (nSPS) is 24.5. The van der Waals surface area contributed by atoms with Crippen molar-refractivity contribution in [2.24, 2.45) is 17.8 Å². The number of amides is 2. The van der Waals surface area contributed by atoms with Gasteiger partial charge in [-0.15, -0.1) is 0 Å². The Morgan fingerprint density at radius 1 is 0.958 bits per heavy atom. The first-order chi connectivity index (χ1) is 23.3. The van der Waals surface area contributed by atoms with Crippen molar-refractivity contribution in [3.8, 4) is 17.0 Å². The molecule has 3 aromatic rings. The number of pyridine rings is 2. The smallest absolute Gasteiger partial charge is 0.409 e. The largest absolute Gasteiger partial charge is 0.495 e. The molecule has 0 unspecified atom stereocenters. The number of aryl methyl sites for hydroxylation is 1. The molecule has 4 fully saturated rings. The van der Waals surface area contributed by atoms with Crippen LogP contribution < -0.4 is 9.64 Å². The lowest BCUT2D eigenvalue weighted by Crippen LogP contribution is -2.53. The number of likely N-dealkylation sites (tertiary alicyclic amines) is 1. The summed E-state index contributed by atoms with van der Waals surface area (Å²) in [5, 5.41) is 9.47. The van der Waals surface area contributed by atoms with Crippen molar-refractivity contribution in [3.05, 3.63) is 54.0 Å². The van der Waals surface area contributed by atoms with E-state index >= 15 is 0 Å². The van der Waals surface area contributed by atoms with Gasteiger partial charge in [-0.1, -0.05) is 0 Å². The van der Waals surface area contributed by atoms with Crippen LogP contribution in [0.1, 0.15) is 93.3 Å². The summed E-state index contributed by atoms with van der Waals surface area (Å²) in [6.07, 6.45) is 12.2. The van der Waals surface area contributed by atoms with Crippen molar-refractivity contribution in [1.29, 1.82) is 0 Å². The van der Waals surface area contributed by atoms with Crippen molar-refractivity contribution >= 4 is 17.8 Å². The van der Waals surface area contributed by atoms with Crippen LogP contribution in [0.5, 0.6) is 5.75 Å². The number of β-amino-alcohol motifs (C(OH)–C–C–N with tert-alkyl or cyclic N) is 1. The minimum atomic E-state index is -0.446. The molecule has 3 aromatic heterocycles. The molecule has 7 rings (SSSR count). The fraction of sp³-hybridized carbons (Fsp3) is 0.595. The van der Waals surface area contributed by atoms with Crippen molar-refractivity contribution in [3.63, 3.8) is 0 Å². The molecule has 11 nitrogen and oxygen atoms in total. The van der Waals surface area contributed by atoms with Crippen molar-refractivity contribution < 1.29 is 28.6 Å². The molecule has 3 aliphatic carbocycles. The highest BCUT2D eigenvalue weighted by Crippen LogP contribution is 2.41. The lowest BCUT2D eigenvalue weighted by molar-refractivity contribution is -0.124. The van der Waals surface area contributed by atoms with Crippen molar-refractivity contribution in [1.82, 2.24) is 19.9 Å². The average Bonchev–Trinajstić information content (AvgIpc) is 3.84. The number of rotatable bonds is 10. The van der Waals surface area contributed by atoms with Crippen LogP contribution in [-0.4, -0.2) is 76.4 Å². The van der Waals surface area contributed by atoms with Crippen LogP contribution in [0.2, 0.25) is 0 Å². The molecular formula is C37H47N5O6. The van der Waals surface area contributed by atoms with Gasteiger partial charge in [0.25, 0.3) is 0 Å². The van der Waals surface area contributed by atoms with E-state index in [1.54, 1.807) is 19.6 Å². The highest BCUT2D eigenvalue weighted by atomic mass is 16.6. The molecule has 0 atom stereocenters. The fourth-order valence-corrected chi connectivity index (χ4v) is 7.55. The Kier molecular flexibility index (Phi) is 9.66. The summed E-state index contributed by atoms with van der Waals surface area (Å²) in [5.41, 5.74) is 3.72. The standard InChI is InChI=1S/C37H47N5O6/c1-23-33(46-2)14-13-31(39-23)26-7-3-24(4-8-26)18-42(34-17-29(15-16-38-34)32-22-47-35(40-32)27-11-12-27)36(44)28-9-5-25(6-10-28)21-48-37(45)41-19-30(43)20-41/h13-17,22,24-28,30,43H,3-12,18-21H2,1-2H3. The third-order valence-electron chi connectivity index (χ3n) is 10.8. The lowest BCUT2D eigenvalue weighted by Gasteiger charge is -2.36. The predicted octanol–water partition coefficient (Wildman–Crippen LogP) is 6.25. The molecule has 2 amide bonds. The first-order valence-electron chi connectivity index (χ1n) is 17.7. The number of ether oxygens (including phenoxy) is 2. The second-order valence-corrected chi connectivity index (χ2v) is 14.3. The van der Waals surface area contributed by atoms with Crippen LogP contribution in [0.3, 0.4) is 0 Å². The van der Waals surface area contributed by atoms with E-state index in [0.717, 1.165) is 98.5 Å². The number of carbonyl (C=O) groups is 2. The maximum atomic E-state index is 14.4. The number of oxazole rings is 1. The van der Waals surface area contributed by atoms with Crippen LogP contribution in [0.15, 0.2) is 41.1 Å². The molecule has 0 bridgehead atoms. The van der Waals surface area contributed by atoms with Crippen molar-refractivity contribution in [2.45, 2.75) is 89.1 Å². The molecule has 0 radical (unpaired) electrons. The number of carbonyl (C=O) groups excluding carboxylic acids is 2. The number of hydrogen-bond donors (Lipinski definition) is 1. The van der Waals surface area contributed by atoms with Gasteiger partial charge in [-0.3, -0.25) is 14.7 Å². The molecule has 3 saturated carbocycles. The predicted molar refractivity (Wildman–Crippen MR) is 179 cm³/mol. The molecule has 11 heteroatoms. The Hall–Kier alpha value is -3.99. The first-order valence-corrected chi connectivity index (χ1v) is 17.7. The van der Waals surface area contributed by atoms with Gasteiger partial charge < -0.3 is 23.9 Å². The summed E-state index contributed by atoms with van der Waals surface area (Å²) >= 11 is 0. The Labute approximate surface area is 282 Å². The van der Waals surface area contributed by atoms with Gasteiger partial charge in [0.15, 0.2) is 5.89 Å². The quantitative estimate of drug-likeness (QED) is 0.269. The molecular weight excluding hydrogens is 610 g/mol.